The minimum atomic E-state index is -1.47. The van der Waals surface area contributed by atoms with Gasteiger partial charge in [-0.3, -0.25) is 0 Å². The Morgan fingerprint density at radius 3 is 1.30 bits per heavy atom. The summed E-state index contributed by atoms with van der Waals surface area (Å²) >= 11 is 7.44. The van der Waals surface area contributed by atoms with E-state index in [2.05, 4.69) is 34.7 Å². The van der Waals surface area contributed by atoms with Gasteiger partial charge in [0.2, 0.25) is 0 Å². The number of nitrogens with two attached hydrogens (primary N) is 2. The maximum atomic E-state index is 11.0. The van der Waals surface area contributed by atoms with Crippen LogP contribution < -0.4 is 130 Å². The van der Waals surface area contributed by atoms with E-state index in [1.165, 1.54) is 0 Å². The molecule has 0 aromatic rings. The summed E-state index contributed by atoms with van der Waals surface area (Å²) in [5, 5.41) is 0. The van der Waals surface area contributed by atoms with E-state index in [-0.39, 0.29) is 135 Å². The normalized spacial score (nSPS) is 11.0. The molecule has 0 amide bonds. The molecule has 0 aliphatic carbocycles. The molecule has 0 heterocycles. The molecule has 20 heavy (non-hydrogen) atoms. The van der Waals surface area contributed by atoms with Gasteiger partial charge >= 0.3 is 136 Å². The van der Waals surface area contributed by atoms with Crippen molar-refractivity contribution in [2.24, 2.45) is 11.5 Å². The van der Waals surface area contributed by atoms with Crippen LogP contribution in [0, 0.1) is 0 Å². The van der Waals surface area contributed by atoms with Crippen molar-refractivity contribution in [3.8, 4) is 0 Å². The molecule has 0 aromatic carbocycles. The summed E-state index contributed by atoms with van der Waals surface area (Å²) in [5.41, 5.74) is 10.4. The molecule has 0 saturated carbocycles. The molecule has 0 radical (unpaired) electrons. The van der Waals surface area contributed by atoms with Crippen molar-refractivity contribution in [1.82, 2.24) is 0 Å². The van der Waals surface area contributed by atoms with E-state index in [1.807, 2.05) is 0 Å². The topological polar surface area (TPSA) is 122 Å². The van der Waals surface area contributed by atoms with E-state index in [0.29, 0.717) is 0 Å². The number of hydrogen-bond donors (Lipinski definition) is 4. The predicted octanol–water partition coefficient (Wildman–Crippen LogP) is -12.8. The first-order valence-electron chi connectivity index (χ1n) is 4.12. The third-order valence-corrected chi connectivity index (χ3v) is 2.15. The van der Waals surface area contributed by atoms with Crippen LogP contribution in [0.5, 0.6) is 0 Å². The molecule has 0 aliphatic rings. The molecule has 4 N–H and O–H groups in total. The summed E-state index contributed by atoms with van der Waals surface area (Å²) in [5.74, 6) is -2.08. The molecule has 0 bridgehead atoms. The van der Waals surface area contributed by atoms with Crippen LogP contribution in [-0.4, -0.2) is 41.7 Å². The van der Waals surface area contributed by atoms with Crippen molar-refractivity contribution >= 4 is 43.4 Å². The maximum Gasteiger partial charge on any atom is 1.00 e. The van der Waals surface area contributed by atoms with Gasteiger partial charge in [-0.15, -0.1) is 0 Å². The average molecular weight is 364 g/mol. The molecule has 100 valence electrons. The average Bonchev–Trinajstić information content (AvgIpc) is 2.26. The number of esters is 2. The number of thiol groups is 2. The third kappa shape index (κ3) is 16.1. The van der Waals surface area contributed by atoms with Crippen LogP contribution in [0.3, 0.4) is 0 Å². The van der Waals surface area contributed by atoms with Gasteiger partial charge in [-0.05, 0) is 0 Å². The zero-order valence-electron chi connectivity index (χ0n) is 16.2. The summed E-state index contributed by atoms with van der Waals surface area (Å²) in [6, 6.07) is -2.13. The SMILES string of the molecule is N[C@@H](CS)C(=O)OC(=O)OC(=O)[C@@H](N)CS.[H-].[H-].[H-].[H-].[Na+].[Na+].[Na+].[Na+]. The molecule has 0 spiro atoms. The summed E-state index contributed by atoms with van der Waals surface area (Å²) in [6.07, 6.45) is -1.47. The van der Waals surface area contributed by atoms with E-state index in [4.69, 9.17) is 11.5 Å². The summed E-state index contributed by atoms with van der Waals surface area (Å²) in [4.78, 5) is 32.8. The molecule has 0 saturated heterocycles. The van der Waals surface area contributed by atoms with Gasteiger partial charge in [0.15, 0.2) is 0 Å². The third-order valence-electron chi connectivity index (χ3n) is 1.37. The number of carbonyl (C=O) groups excluding carboxylic acids is 3. The van der Waals surface area contributed by atoms with Gasteiger partial charge in [-0.25, -0.2) is 14.4 Å². The first-order valence-corrected chi connectivity index (χ1v) is 5.39. The fourth-order valence-corrected chi connectivity index (χ4v) is 0.784. The van der Waals surface area contributed by atoms with Gasteiger partial charge in [-0.1, -0.05) is 0 Å². The second-order valence-electron chi connectivity index (χ2n) is 2.67. The Kier molecular flexibility index (Phi) is 35.0. The first-order chi connectivity index (χ1) is 7.42. The fourth-order valence-electron chi connectivity index (χ4n) is 0.486. The first kappa shape index (κ1) is 34.5. The molecular formula is C7H16N2Na4O5S2. The summed E-state index contributed by atoms with van der Waals surface area (Å²) < 4.78 is 8.19. The second kappa shape index (κ2) is 20.3. The van der Waals surface area contributed by atoms with E-state index < -0.39 is 30.2 Å². The van der Waals surface area contributed by atoms with Crippen LogP contribution in [0.2, 0.25) is 0 Å². The number of hydrogen-bond acceptors (Lipinski definition) is 9. The zero-order valence-corrected chi connectivity index (χ0v) is 21.9. The fraction of sp³-hybridized carbons (Fsp3) is 0.571. The maximum absolute atomic E-state index is 11.0. The Morgan fingerprint density at radius 1 is 0.850 bits per heavy atom. The Hall–Kier alpha value is 3.23. The van der Waals surface area contributed by atoms with Crippen LogP contribution in [0.1, 0.15) is 5.71 Å². The van der Waals surface area contributed by atoms with Crippen LogP contribution in [-0.2, 0) is 19.1 Å². The number of ether oxygens (including phenoxy) is 2. The van der Waals surface area contributed by atoms with Gasteiger partial charge in [0.05, 0.1) is 0 Å². The largest absolute Gasteiger partial charge is 1.00 e. The second-order valence-corrected chi connectivity index (χ2v) is 3.40. The van der Waals surface area contributed by atoms with Gasteiger partial charge in [0.25, 0.3) is 0 Å². The molecule has 13 heteroatoms. The monoisotopic (exact) mass is 364 g/mol. The molecule has 7 nitrogen and oxygen atoms in total. The quantitative estimate of drug-likeness (QED) is 0.169. The molecule has 0 fully saturated rings. The van der Waals surface area contributed by atoms with E-state index >= 15 is 0 Å². The standard InChI is InChI=1S/C7H12N2O5S2.4Na.4H/c8-3(1-15)5(10)13-7(12)14-6(11)4(9)2-16;;;;;;;;/h3-4,15-16H,1-2,8-9H2;;;;;;;;/q;4*+1;4*-1/t3-,4-;;;;;;;;/m0......../s1. The summed E-state index contributed by atoms with van der Waals surface area (Å²) in [6.45, 7) is 0. The van der Waals surface area contributed by atoms with Gasteiger partial charge in [0.1, 0.15) is 12.1 Å². The van der Waals surface area contributed by atoms with Crippen LogP contribution in [0.4, 0.5) is 4.79 Å². The molecule has 0 rings (SSSR count). The van der Waals surface area contributed by atoms with Crippen LogP contribution in [0.15, 0.2) is 0 Å². The Balaban J connectivity index is -0.0000000402. The van der Waals surface area contributed by atoms with Gasteiger partial charge < -0.3 is 26.6 Å². The number of carbonyl (C=O) groups is 3. The van der Waals surface area contributed by atoms with Crippen molar-refractivity contribution < 1.29 is 148 Å². The van der Waals surface area contributed by atoms with Crippen molar-refractivity contribution in [2.75, 3.05) is 11.5 Å². The van der Waals surface area contributed by atoms with Crippen molar-refractivity contribution in [3.05, 3.63) is 0 Å². The predicted molar refractivity (Wildman–Crippen MR) is 65.7 cm³/mol. The Labute approximate surface area is 222 Å². The van der Waals surface area contributed by atoms with Crippen LogP contribution in [0.25, 0.3) is 0 Å². The minimum Gasteiger partial charge on any atom is -1.00 e. The van der Waals surface area contributed by atoms with Crippen molar-refractivity contribution in [3.63, 3.8) is 0 Å². The van der Waals surface area contributed by atoms with E-state index in [9.17, 15) is 14.4 Å². The summed E-state index contributed by atoms with van der Waals surface area (Å²) in [7, 11) is 0. The molecule has 2 atom stereocenters. The molecule has 0 unspecified atom stereocenters. The van der Waals surface area contributed by atoms with E-state index in [1.54, 1.807) is 0 Å². The number of rotatable bonds is 4. The van der Waals surface area contributed by atoms with Crippen LogP contribution >= 0.6 is 25.3 Å². The molecule has 0 aromatic heterocycles. The van der Waals surface area contributed by atoms with Gasteiger partial charge in [0, 0.05) is 11.5 Å². The Morgan fingerprint density at radius 2 is 1.10 bits per heavy atom. The van der Waals surface area contributed by atoms with Crippen molar-refractivity contribution in [2.45, 2.75) is 12.1 Å². The smallest absolute Gasteiger partial charge is 1.00 e. The molecule has 0 aliphatic heterocycles. The molecular weight excluding hydrogens is 348 g/mol. The van der Waals surface area contributed by atoms with Gasteiger partial charge in [-0.2, -0.15) is 25.3 Å². The minimum absolute atomic E-state index is 0. The zero-order chi connectivity index (χ0) is 12.7. The Bertz CT molecular complexity index is 290. The van der Waals surface area contributed by atoms with Crippen molar-refractivity contribution in [1.29, 1.82) is 0 Å². The van der Waals surface area contributed by atoms with E-state index in [0.717, 1.165) is 0 Å².